The molecule has 1 N–H and O–H groups in total. The van der Waals surface area contributed by atoms with Crippen molar-refractivity contribution in [2.45, 2.75) is 64.1 Å². The van der Waals surface area contributed by atoms with Gasteiger partial charge in [0.2, 0.25) is 17.7 Å². The third-order valence-electron chi connectivity index (χ3n) is 6.64. The maximum atomic E-state index is 14.3. The van der Waals surface area contributed by atoms with Crippen LogP contribution in [0.4, 0.5) is 18.9 Å². The van der Waals surface area contributed by atoms with Crippen LogP contribution in [0.3, 0.4) is 0 Å². The Balaban J connectivity index is 1.74. The maximum Gasteiger partial charge on any atom is 0.248 e. The molecule has 1 unspecified atom stereocenters. The van der Waals surface area contributed by atoms with E-state index in [-0.39, 0.29) is 37.9 Å². The molecule has 2 amide bonds. The summed E-state index contributed by atoms with van der Waals surface area (Å²) in [6.07, 6.45) is 2.89. The first-order valence-electron chi connectivity index (χ1n) is 11.9. The smallest absolute Gasteiger partial charge is 0.248 e. The summed E-state index contributed by atoms with van der Waals surface area (Å²) in [6.45, 7) is 3.46. The van der Waals surface area contributed by atoms with Crippen LogP contribution in [0.25, 0.3) is 0 Å². The molecular weight excluding hydrogens is 469 g/mol. The fraction of sp³-hybridized carbons (Fsp3) is 0.370. The SMILES string of the molecule is Cc1ccccc1C(C(=O)NC1CCC(F)(F)CC1)N(C(=O)Cn1ccnc1C)c1cccc(F)c1. The fourth-order valence-corrected chi connectivity index (χ4v) is 4.61. The van der Waals surface area contributed by atoms with E-state index in [2.05, 4.69) is 10.3 Å². The van der Waals surface area contributed by atoms with Gasteiger partial charge < -0.3 is 9.88 Å². The summed E-state index contributed by atoms with van der Waals surface area (Å²) >= 11 is 0. The minimum absolute atomic E-state index is 0.117. The molecule has 1 aliphatic rings. The highest BCUT2D eigenvalue weighted by Crippen LogP contribution is 2.35. The lowest BCUT2D eigenvalue weighted by atomic mass is 9.91. The number of benzene rings is 2. The number of alkyl halides is 2. The van der Waals surface area contributed by atoms with Gasteiger partial charge in [0.15, 0.2) is 0 Å². The van der Waals surface area contributed by atoms with Gasteiger partial charge in [-0.1, -0.05) is 30.3 Å². The molecule has 0 spiro atoms. The van der Waals surface area contributed by atoms with Gasteiger partial charge in [-0.05, 0) is 56.0 Å². The number of amides is 2. The summed E-state index contributed by atoms with van der Waals surface area (Å²) in [5.74, 6) is -3.62. The molecule has 36 heavy (non-hydrogen) atoms. The van der Waals surface area contributed by atoms with Gasteiger partial charge in [0.25, 0.3) is 0 Å². The second-order valence-corrected chi connectivity index (χ2v) is 9.24. The molecule has 1 fully saturated rings. The molecular formula is C27H29F3N4O2. The van der Waals surface area contributed by atoms with Gasteiger partial charge >= 0.3 is 0 Å². The van der Waals surface area contributed by atoms with Crippen molar-refractivity contribution in [2.75, 3.05) is 4.90 Å². The molecule has 1 saturated carbocycles. The molecule has 0 aliphatic heterocycles. The average molecular weight is 499 g/mol. The van der Waals surface area contributed by atoms with E-state index in [1.807, 2.05) is 19.1 Å². The molecule has 1 aliphatic carbocycles. The number of aryl methyl sites for hydroxylation is 2. The standard InChI is InChI=1S/C27H29F3N4O2/c1-18-6-3-4-9-23(18)25(26(36)32-21-10-12-27(29,30)13-11-21)34(22-8-5-7-20(28)16-22)24(35)17-33-15-14-31-19(33)2/h3-9,14-16,21,25H,10-13,17H2,1-2H3,(H,32,36). The predicted octanol–water partition coefficient (Wildman–Crippen LogP) is 5.11. The molecule has 3 aromatic rings. The summed E-state index contributed by atoms with van der Waals surface area (Å²) in [7, 11) is 0. The van der Waals surface area contributed by atoms with Crippen LogP contribution >= 0.6 is 0 Å². The van der Waals surface area contributed by atoms with Crippen LogP contribution in [0.5, 0.6) is 0 Å². The maximum absolute atomic E-state index is 14.3. The normalized spacial score (nSPS) is 16.4. The van der Waals surface area contributed by atoms with E-state index >= 15 is 0 Å². The van der Waals surface area contributed by atoms with Crippen molar-refractivity contribution < 1.29 is 22.8 Å². The molecule has 0 bridgehead atoms. The number of nitrogens with zero attached hydrogens (tertiary/aromatic N) is 3. The van der Waals surface area contributed by atoms with Crippen molar-refractivity contribution in [2.24, 2.45) is 0 Å². The van der Waals surface area contributed by atoms with Gasteiger partial charge in [-0.25, -0.2) is 18.2 Å². The zero-order valence-corrected chi connectivity index (χ0v) is 20.3. The third kappa shape index (κ3) is 5.78. The summed E-state index contributed by atoms with van der Waals surface area (Å²) in [5.41, 5.74) is 1.55. The zero-order chi connectivity index (χ0) is 25.9. The van der Waals surface area contributed by atoms with E-state index in [1.54, 1.807) is 42.1 Å². The Morgan fingerprint density at radius 3 is 2.50 bits per heavy atom. The lowest BCUT2D eigenvalue weighted by molar-refractivity contribution is -0.128. The lowest BCUT2D eigenvalue weighted by Crippen LogP contribution is -2.49. The van der Waals surface area contributed by atoms with Crippen molar-refractivity contribution >= 4 is 17.5 Å². The summed E-state index contributed by atoms with van der Waals surface area (Å²) in [6, 6.07) is 11.1. The van der Waals surface area contributed by atoms with Crippen LogP contribution in [0.1, 0.15) is 48.7 Å². The van der Waals surface area contributed by atoms with E-state index in [0.29, 0.717) is 11.4 Å². The number of carbonyl (C=O) groups excluding carboxylic acids is 2. The van der Waals surface area contributed by atoms with Gasteiger partial charge in [0.05, 0.1) is 0 Å². The second kappa shape index (κ2) is 10.6. The second-order valence-electron chi connectivity index (χ2n) is 9.24. The third-order valence-corrected chi connectivity index (χ3v) is 6.64. The van der Waals surface area contributed by atoms with Crippen LogP contribution in [-0.2, 0) is 16.1 Å². The van der Waals surface area contributed by atoms with Gasteiger partial charge in [-0.15, -0.1) is 0 Å². The zero-order valence-electron chi connectivity index (χ0n) is 20.3. The number of nitrogens with one attached hydrogen (secondary N) is 1. The van der Waals surface area contributed by atoms with Crippen molar-refractivity contribution in [3.05, 3.63) is 83.7 Å². The number of hydrogen-bond donors (Lipinski definition) is 1. The minimum Gasteiger partial charge on any atom is -0.351 e. The molecule has 0 radical (unpaired) electrons. The van der Waals surface area contributed by atoms with E-state index in [1.165, 1.54) is 23.1 Å². The Labute approximate surface area is 208 Å². The number of imidazole rings is 1. The first-order valence-corrected chi connectivity index (χ1v) is 11.9. The monoisotopic (exact) mass is 498 g/mol. The quantitative estimate of drug-likeness (QED) is 0.493. The number of carbonyl (C=O) groups is 2. The number of anilines is 1. The molecule has 2 aromatic carbocycles. The Bertz CT molecular complexity index is 1230. The fourth-order valence-electron chi connectivity index (χ4n) is 4.61. The van der Waals surface area contributed by atoms with E-state index < -0.39 is 35.6 Å². The molecule has 6 nitrogen and oxygen atoms in total. The molecule has 9 heteroatoms. The van der Waals surface area contributed by atoms with Crippen LogP contribution in [0.2, 0.25) is 0 Å². The van der Waals surface area contributed by atoms with Crippen molar-refractivity contribution in [3.8, 4) is 0 Å². The van der Waals surface area contributed by atoms with Gasteiger partial charge in [0, 0.05) is 37.0 Å². The summed E-state index contributed by atoms with van der Waals surface area (Å²) < 4.78 is 43.3. The van der Waals surface area contributed by atoms with E-state index in [4.69, 9.17) is 0 Å². The molecule has 1 aromatic heterocycles. The van der Waals surface area contributed by atoms with Crippen LogP contribution in [-0.4, -0.2) is 33.3 Å². The van der Waals surface area contributed by atoms with Crippen LogP contribution in [0.15, 0.2) is 60.9 Å². The Morgan fingerprint density at radius 1 is 1.14 bits per heavy atom. The minimum atomic E-state index is -2.73. The summed E-state index contributed by atoms with van der Waals surface area (Å²) in [4.78, 5) is 33.0. The van der Waals surface area contributed by atoms with Crippen molar-refractivity contribution in [1.82, 2.24) is 14.9 Å². The first-order chi connectivity index (χ1) is 17.1. The Morgan fingerprint density at radius 2 is 1.86 bits per heavy atom. The Hall–Kier alpha value is -3.62. The number of rotatable bonds is 7. The largest absolute Gasteiger partial charge is 0.351 e. The lowest BCUT2D eigenvalue weighted by Gasteiger charge is -2.35. The van der Waals surface area contributed by atoms with E-state index in [0.717, 1.165) is 5.56 Å². The first kappa shape index (κ1) is 25.5. The molecule has 0 saturated heterocycles. The van der Waals surface area contributed by atoms with Gasteiger partial charge in [0.1, 0.15) is 24.2 Å². The highest BCUT2D eigenvalue weighted by atomic mass is 19.3. The molecule has 1 heterocycles. The molecule has 1 atom stereocenters. The van der Waals surface area contributed by atoms with Crippen LogP contribution < -0.4 is 10.2 Å². The highest BCUT2D eigenvalue weighted by Gasteiger charge is 2.38. The highest BCUT2D eigenvalue weighted by molar-refractivity contribution is 6.01. The van der Waals surface area contributed by atoms with Crippen molar-refractivity contribution in [3.63, 3.8) is 0 Å². The topological polar surface area (TPSA) is 67.2 Å². The number of hydrogen-bond acceptors (Lipinski definition) is 3. The van der Waals surface area contributed by atoms with Crippen LogP contribution in [0, 0.1) is 19.7 Å². The molecule has 4 rings (SSSR count). The molecule has 190 valence electrons. The van der Waals surface area contributed by atoms with Gasteiger partial charge in [-0.2, -0.15) is 0 Å². The number of aromatic nitrogens is 2. The van der Waals surface area contributed by atoms with Gasteiger partial charge in [-0.3, -0.25) is 14.5 Å². The Kier molecular flexibility index (Phi) is 7.47. The number of halogens is 3. The average Bonchev–Trinajstić information content (AvgIpc) is 3.23. The predicted molar refractivity (Wildman–Crippen MR) is 130 cm³/mol. The summed E-state index contributed by atoms with van der Waals surface area (Å²) in [5, 5.41) is 2.89. The van der Waals surface area contributed by atoms with E-state index in [9.17, 15) is 22.8 Å². The van der Waals surface area contributed by atoms with Crippen molar-refractivity contribution in [1.29, 1.82) is 0 Å².